The first-order valence-electron chi connectivity index (χ1n) is 9.60. The number of benzene rings is 2. The molecule has 30 heavy (non-hydrogen) atoms. The lowest BCUT2D eigenvalue weighted by Crippen LogP contribution is -2.48. The Balaban J connectivity index is 1.76. The first kappa shape index (κ1) is 21.9. The number of anilines is 2. The maximum absolute atomic E-state index is 13.0. The van der Waals surface area contributed by atoms with Crippen molar-refractivity contribution in [3.05, 3.63) is 54.1 Å². The van der Waals surface area contributed by atoms with Gasteiger partial charge in [-0.2, -0.15) is 4.31 Å². The number of nitrogens with zero attached hydrogens (tertiary/aromatic N) is 1. The van der Waals surface area contributed by atoms with Gasteiger partial charge in [-0.15, -0.1) is 0 Å². The van der Waals surface area contributed by atoms with Crippen LogP contribution in [0.1, 0.15) is 31.1 Å². The van der Waals surface area contributed by atoms with E-state index in [2.05, 4.69) is 10.6 Å². The van der Waals surface area contributed by atoms with Gasteiger partial charge >= 0.3 is 0 Å². The average Bonchev–Trinajstić information content (AvgIpc) is 2.68. The van der Waals surface area contributed by atoms with E-state index in [9.17, 15) is 18.0 Å². The number of hydrogen-bond donors (Lipinski definition) is 2. The number of hydrogen-bond acceptors (Lipinski definition) is 5. The molecule has 2 amide bonds. The van der Waals surface area contributed by atoms with Crippen LogP contribution in [0.2, 0.25) is 0 Å². The molecule has 2 aromatic carbocycles. The second-order valence-corrected chi connectivity index (χ2v) is 9.26. The van der Waals surface area contributed by atoms with Crippen LogP contribution in [0, 0.1) is 0 Å². The molecular formula is C21H25N3O5S. The van der Waals surface area contributed by atoms with Crippen LogP contribution < -0.4 is 10.6 Å². The molecule has 1 aliphatic rings. The van der Waals surface area contributed by atoms with Gasteiger partial charge in [0, 0.05) is 37.0 Å². The lowest BCUT2D eigenvalue weighted by molar-refractivity contribution is -0.114. The van der Waals surface area contributed by atoms with Crippen LogP contribution in [0.4, 0.5) is 11.4 Å². The number of amides is 2. The van der Waals surface area contributed by atoms with Crippen molar-refractivity contribution in [2.24, 2.45) is 0 Å². The Morgan fingerprint density at radius 2 is 1.53 bits per heavy atom. The highest BCUT2D eigenvalue weighted by Crippen LogP contribution is 2.22. The zero-order chi connectivity index (χ0) is 21.9. The van der Waals surface area contributed by atoms with Gasteiger partial charge in [0.15, 0.2) is 0 Å². The smallest absolute Gasteiger partial charge is 0.255 e. The van der Waals surface area contributed by atoms with Crippen LogP contribution in [-0.4, -0.2) is 49.8 Å². The molecule has 9 heteroatoms. The minimum Gasteiger partial charge on any atom is -0.373 e. The Hall–Kier alpha value is -2.75. The molecule has 3 rings (SSSR count). The first-order chi connectivity index (χ1) is 14.1. The third-order valence-electron chi connectivity index (χ3n) is 4.58. The fraction of sp³-hybridized carbons (Fsp3) is 0.333. The summed E-state index contributed by atoms with van der Waals surface area (Å²) >= 11 is 0. The molecule has 2 aromatic rings. The maximum atomic E-state index is 13.0. The Kier molecular flexibility index (Phi) is 6.55. The van der Waals surface area contributed by atoms with Crippen molar-refractivity contribution in [3.63, 3.8) is 0 Å². The highest BCUT2D eigenvalue weighted by atomic mass is 32.2. The lowest BCUT2D eigenvalue weighted by Gasteiger charge is -2.34. The fourth-order valence-electron chi connectivity index (χ4n) is 3.32. The third-order valence-corrected chi connectivity index (χ3v) is 6.41. The van der Waals surface area contributed by atoms with E-state index in [0.29, 0.717) is 11.4 Å². The molecule has 160 valence electrons. The number of nitrogens with one attached hydrogen (secondary N) is 2. The molecule has 0 spiro atoms. The van der Waals surface area contributed by atoms with Crippen molar-refractivity contribution in [1.82, 2.24) is 4.31 Å². The van der Waals surface area contributed by atoms with Crippen molar-refractivity contribution in [2.45, 2.75) is 37.9 Å². The van der Waals surface area contributed by atoms with Gasteiger partial charge in [0.1, 0.15) is 0 Å². The van der Waals surface area contributed by atoms with Gasteiger partial charge < -0.3 is 15.4 Å². The van der Waals surface area contributed by atoms with Gasteiger partial charge in [-0.3, -0.25) is 9.59 Å². The van der Waals surface area contributed by atoms with Crippen molar-refractivity contribution in [3.8, 4) is 0 Å². The number of morpholine rings is 1. The van der Waals surface area contributed by atoms with Crippen molar-refractivity contribution < 1.29 is 22.7 Å². The van der Waals surface area contributed by atoms with E-state index in [1.165, 1.54) is 23.4 Å². The molecule has 0 aliphatic carbocycles. The Bertz CT molecular complexity index is 1030. The minimum absolute atomic E-state index is 0.0671. The second kappa shape index (κ2) is 8.95. The monoisotopic (exact) mass is 431 g/mol. The molecule has 0 aromatic heterocycles. The predicted octanol–water partition coefficient (Wildman–Crippen LogP) is 2.70. The highest BCUT2D eigenvalue weighted by Gasteiger charge is 2.32. The van der Waals surface area contributed by atoms with Crippen LogP contribution in [0.3, 0.4) is 0 Å². The summed E-state index contributed by atoms with van der Waals surface area (Å²) in [4.78, 5) is 23.8. The molecule has 0 unspecified atom stereocenters. The molecule has 8 nitrogen and oxygen atoms in total. The molecule has 2 atom stereocenters. The first-order valence-corrected chi connectivity index (χ1v) is 11.0. The summed E-state index contributed by atoms with van der Waals surface area (Å²) in [5.41, 5.74) is 1.37. The summed E-state index contributed by atoms with van der Waals surface area (Å²) in [6, 6.07) is 12.6. The molecule has 1 saturated heterocycles. The van der Waals surface area contributed by atoms with Crippen LogP contribution >= 0.6 is 0 Å². The predicted molar refractivity (Wildman–Crippen MR) is 114 cm³/mol. The quantitative estimate of drug-likeness (QED) is 0.757. The van der Waals surface area contributed by atoms with Crippen LogP contribution in [0.5, 0.6) is 0 Å². The Morgan fingerprint density at radius 1 is 0.967 bits per heavy atom. The summed E-state index contributed by atoms with van der Waals surface area (Å²) in [5.74, 6) is -0.614. The van der Waals surface area contributed by atoms with E-state index >= 15 is 0 Å². The zero-order valence-corrected chi connectivity index (χ0v) is 17.9. The van der Waals surface area contributed by atoms with Crippen LogP contribution in [0.15, 0.2) is 53.4 Å². The standard InChI is InChI=1S/C21H25N3O5S/c1-14-12-24(13-15(2)29-14)30(27,28)20-6-4-5-17(11-20)21(26)23-19-9-7-18(8-10-19)22-16(3)25/h4-11,14-15H,12-13H2,1-3H3,(H,22,25)(H,23,26)/t14-,15-/m1/s1. The van der Waals surface area contributed by atoms with E-state index < -0.39 is 15.9 Å². The van der Waals surface area contributed by atoms with Gasteiger partial charge in [0.05, 0.1) is 17.1 Å². The van der Waals surface area contributed by atoms with Crippen molar-refractivity contribution >= 4 is 33.2 Å². The van der Waals surface area contributed by atoms with Gasteiger partial charge in [-0.25, -0.2) is 8.42 Å². The average molecular weight is 432 g/mol. The molecule has 2 N–H and O–H groups in total. The largest absolute Gasteiger partial charge is 0.373 e. The summed E-state index contributed by atoms with van der Waals surface area (Å²) < 4.78 is 33.1. The summed E-state index contributed by atoms with van der Waals surface area (Å²) in [7, 11) is -3.74. The summed E-state index contributed by atoms with van der Waals surface area (Å²) in [5, 5.41) is 5.38. The fourth-order valence-corrected chi connectivity index (χ4v) is 4.95. The van der Waals surface area contributed by atoms with Gasteiger partial charge in [-0.1, -0.05) is 6.07 Å². The van der Waals surface area contributed by atoms with Gasteiger partial charge in [-0.05, 0) is 56.3 Å². The second-order valence-electron chi connectivity index (χ2n) is 7.32. The maximum Gasteiger partial charge on any atom is 0.255 e. The summed E-state index contributed by atoms with van der Waals surface area (Å²) in [6.07, 6.45) is -0.397. The topological polar surface area (TPSA) is 105 Å². The molecule has 0 bridgehead atoms. The number of carbonyl (C=O) groups excluding carboxylic acids is 2. The molecule has 0 saturated carbocycles. The van der Waals surface area contributed by atoms with Gasteiger partial charge in [0.25, 0.3) is 5.91 Å². The normalized spacial score (nSPS) is 19.8. The van der Waals surface area contributed by atoms with E-state index in [1.54, 1.807) is 36.4 Å². The number of ether oxygens (including phenoxy) is 1. The number of sulfonamides is 1. The van der Waals surface area contributed by atoms with E-state index in [-0.39, 0.29) is 41.7 Å². The Morgan fingerprint density at radius 3 is 2.10 bits per heavy atom. The molecule has 0 radical (unpaired) electrons. The zero-order valence-electron chi connectivity index (χ0n) is 17.1. The molecule has 1 aliphatic heterocycles. The van der Waals surface area contributed by atoms with Gasteiger partial charge in [0.2, 0.25) is 15.9 Å². The third kappa shape index (κ3) is 5.24. The SMILES string of the molecule is CC(=O)Nc1ccc(NC(=O)c2cccc(S(=O)(=O)N3C[C@@H](C)O[C@H](C)C3)c2)cc1. The van der Waals surface area contributed by atoms with Crippen LogP contribution in [0.25, 0.3) is 0 Å². The molecular weight excluding hydrogens is 406 g/mol. The van der Waals surface area contributed by atoms with E-state index in [1.807, 2.05) is 13.8 Å². The van der Waals surface area contributed by atoms with E-state index in [4.69, 9.17) is 4.74 Å². The number of carbonyl (C=O) groups is 2. The van der Waals surface area contributed by atoms with Crippen molar-refractivity contribution in [2.75, 3.05) is 23.7 Å². The molecule has 1 heterocycles. The van der Waals surface area contributed by atoms with Crippen molar-refractivity contribution in [1.29, 1.82) is 0 Å². The van der Waals surface area contributed by atoms with E-state index in [0.717, 1.165) is 0 Å². The van der Waals surface area contributed by atoms with Crippen LogP contribution in [-0.2, 0) is 19.6 Å². The Labute approximate surface area is 176 Å². The molecule has 1 fully saturated rings. The summed E-state index contributed by atoms with van der Waals surface area (Å²) in [6.45, 7) is 5.61. The minimum atomic E-state index is -3.74. The highest BCUT2D eigenvalue weighted by molar-refractivity contribution is 7.89. The number of rotatable bonds is 5. The lowest BCUT2D eigenvalue weighted by atomic mass is 10.2.